The summed E-state index contributed by atoms with van der Waals surface area (Å²) < 4.78 is 1.14. The van der Waals surface area contributed by atoms with Crippen LogP contribution >= 0.6 is 27.7 Å². The molecule has 0 aromatic heterocycles. The van der Waals surface area contributed by atoms with Crippen molar-refractivity contribution < 1.29 is 4.79 Å². The van der Waals surface area contributed by atoms with Crippen LogP contribution in [-0.2, 0) is 10.2 Å². The second kappa shape index (κ2) is 3.61. The van der Waals surface area contributed by atoms with Crippen LogP contribution in [0.15, 0.2) is 27.6 Å². The molecule has 16 heavy (non-hydrogen) atoms. The first-order valence-corrected chi connectivity index (χ1v) is 7.28. The monoisotopic (exact) mass is 296 g/mol. The molecule has 3 rings (SSSR count). The summed E-state index contributed by atoms with van der Waals surface area (Å²) in [6, 6.07) is 6.33. The van der Waals surface area contributed by atoms with E-state index in [0.29, 0.717) is 5.78 Å². The summed E-state index contributed by atoms with van der Waals surface area (Å²) in [5.74, 6) is 0.432. The van der Waals surface area contributed by atoms with E-state index in [1.54, 1.807) is 11.8 Å². The van der Waals surface area contributed by atoms with E-state index in [0.717, 1.165) is 23.7 Å². The van der Waals surface area contributed by atoms with Gasteiger partial charge in [0.25, 0.3) is 0 Å². The third-order valence-electron chi connectivity index (χ3n) is 3.81. The molecule has 0 bridgehead atoms. The second-order valence-corrected chi connectivity index (χ2v) is 6.82. The van der Waals surface area contributed by atoms with Gasteiger partial charge in [-0.15, -0.1) is 11.8 Å². The molecule has 1 heterocycles. The van der Waals surface area contributed by atoms with Crippen molar-refractivity contribution in [2.75, 3.05) is 0 Å². The van der Waals surface area contributed by atoms with Crippen LogP contribution in [0.2, 0.25) is 0 Å². The van der Waals surface area contributed by atoms with Crippen LogP contribution in [0.4, 0.5) is 0 Å². The Labute approximate surface area is 108 Å². The average molecular weight is 297 g/mol. The number of Topliss-reactive ketones (excluding diaryl/α,β-unsaturated/α-hetero) is 1. The summed E-state index contributed by atoms with van der Waals surface area (Å²) in [4.78, 5) is 13.3. The fourth-order valence-electron chi connectivity index (χ4n) is 2.92. The van der Waals surface area contributed by atoms with Gasteiger partial charge in [-0.05, 0) is 40.4 Å². The van der Waals surface area contributed by atoms with Gasteiger partial charge in [-0.25, -0.2) is 0 Å². The Hall–Kier alpha value is -0.280. The molecule has 0 amide bonds. The number of carbonyl (C=O) groups is 1. The maximum Gasteiger partial charge on any atom is 0.147 e. The molecule has 0 spiro atoms. The zero-order valence-corrected chi connectivity index (χ0v) is 11.5. The third-order valence-corrected chi connectivity index (χ3v) is 6.43. The van der Waals surface area contributed by atoms with Gasteiger partial charge in [0.05, 0.1) is 5.25 Å². The van der Waals surface area contributed by atoms with Crippen molar-refractivity contribution in [2.45, 2.75) is 41.7 Å². The maximum atomic E-state index is 12.0. The van der Waals surface area contributed by atoms with Gasteiger partial charge in [0.1, 0.15) is 5.78 Å². The molecule has 0 saturated heterocycles. The summed E-state index contributed by atoms with van der Waals surface area (Å²) in [5, 5.41) is 0.148. The average Bonchev–Trinajstić information content (AvgIpc) is 2.55. The lowest BCUT2D eigenvalue weighted by molar-refractivity contribution is -0.121. The highest BCUT2D eigenvalue weighted by Crippen LogP contribution is 2.56. The van der Waals surface area contributed by atoms with Gasteiger partial charge in [-0.2, -0.15) is 0 Å². The minimum absolute atomic E-state index is 0.0686. The van der Waals surface area contributed by atoms with Crippen molar-refractivity contribution >= 4 is 33.5 Å². The Morgan fingerprint density at radius 3 is 3.12 bits per heavy atom. The minimum atomic E-state index is 0.0686. The minimum Gasteiger partial charge on any atom is -0.298 e. The summed E-state index contributed by atoms with van der Waals surface area (Å²) in [6.07, 6.45) is 2.94. The summed E-state index contributed by atoms with van der Waals surface area (Å²) in [5.41, 5.74) is 1.43. The molecule has 84 valence electrons. The summed E-state index contributed by atoms with van der Waals surface area (Å²) in [7, 11) is 0. The van der Waals surface area contributed by atoms with Crippen LogP contribution in [-0.4, -0.2) is 11.0 Å². The first-order chi connectivity index (χ1) is 7.63. The highest BCUT2D eigenvalue weighted by molar-refractivity contribution is 9.10. The standard InChI is InChI=1S/C13H13BrOS/c1-13-7-3-6-10(15)12(13)16-11-8(13)4-2-5-9(11)14/h2,4-5,12H,3,6-7H2,1H3/t12-,13+/m0/s1. The summed E-state index contributed by atoms with van der Waals surface area (Å²) in [6.45, 7) is 2.25. The number of benzene rings is 1. The Morgan fingerprint density at radius 1 is 1.50 bits per heavy atom. The van der Waals surface area contributed by atoms with Crippen molar-refractivity contribution in [1.29, 1.82) is 0 Å². The maximum absolute atomic E-state index is 12.0. The molecule has 1 nitrogen and oxygen atoms in total. The molecule has 1 saturated carbocycles. The number of thioether (sulfide) groups is 1. The predicted molar refractivity (Wildman–Crippen MR) is 70.0 cm³/mol. The molecular formula is C13H13BrOS. The Morgan fingerprint density at radius 2 is 2.31 bits per heavy atom. The van der Waals surface area contributed by atoms with E-state index in [2.05, 4.69) is 41.1 Å². The van der Waals surface area contributed by atoms with Crippen molar-refractivity contribution in [3.63, 3.8) is 0 Å². The van der Waals surface area contributed by atoms with Crippen LogP contribution in [0.3, 0.4) is 0 Å². The van der Waals surface area contributed by atoms with Crippen LogP contribution in [0, 0.1) is 0 Å². The quantitative estimate of drug-likeness (QED) is 0.721. The zero-order chi connectivity index (χ0) is 11.3. The molecule has 0 N–H and O–H groups in total. The zero-order valence-electron chi connectivity index (χ0n) is 9.13. The largest absolute Gasteiger partial charge is 0.298 e. The Balaban J connectivity index is 2.17. The first kappa shape index (κ1) is 10.8. The number of ketones is 1. The van der Waals surface area contributed by atoms with Crippen LogP contribution in [0.25, 0.3) is 0 Å². The van der Waals surface area contributed by atoms with Crippen LogP contribution in [0.1, 0.15) is 31.7 Å². The molecule has 1 aromatic rings. The highest BCUT2D eigenvalue weighted by Gasteiger charge is 2.49. The van der Waals surface area contributed by atoms with Crippen molar-refractivity contribution in [3.05, 3.63) is 28.2 Å². The molecular weight excluding hydrogens is 284 g/mol. The lowest BCUT2D eigenvalue weighted by Crippen LogP contribution is -2.40. The molecule has 1 aromatic carbocycles. The predicted octanol–water partition coefficient (Wildman–Crippen LogP) is 3.93. The molecule has 0 radical (unpaired) electrons. The fraction of sp³-hybridized carbons (Fsp3) is 0.462. The molecule has 1 fully saturated rings. The van der Waals surface area contributed by atoms with E-state index in [-0.39, 0.29) is 10.7 Å². The lowest BCUT2D eigenvalue weighted by Gasteiger charge is -2.34. The van der Waals surface area contributed by atoms with Gasteiger partial charge >= 0.3 is 0 Å². The van der Waals surface area contributed by atoms with Gasteiger partial charge in [0.2, 0.25) is 0 Å². The normalized spacial score (nSPS) is 32.4. The van der Waals surface area contributed by atoms with E-state index in [4.69, 9.17) is 0 Å². The molecule has 0 unspecified atom stereocenters. The number of hydrogen-bond donors (Lipinski definition) is 0. The lowest BCUT2D eigenvalue weighted by atomic mass is 9.70. The van der Waals surface area contributed by atoms with Gasteiger partial charge in [-0.3, -0.25) is 4.79 Å². The van der Waals surface area contributed by atoms with E-state index < -0.39 is 0 Å². The third kappa shape index (κ3) is 1.34. The number of hydrogen-bond acceptors (Lipinski definition) is 2. The van der Waals surface area contributed by atoms with Crippen LogP contribution < -0.4 is 0 Å². The number of rotatable bonds is 0. The van der Waals surface area contributed by atoms with Gasteiger partial charge in [0, 0.05) is 21.2 Å². The van der Waals surface area contributed by atoms with E-state index >= 15 is 0 Å². The SMILES string of the molecule is C[C@]12CCCC(=O)[C@@H]1Sc1c(Br)cccc12. The van der Waals surface area contributed by atoms with Gasteiger partial charge < -0.3 is 0 Å². The van der Waals surface area contributed by atoms with E-state index in [1.807, 2.05) is 0 Å². The first-order valence-electron chi connectivity index (χ1n) is 5.61. The van der Waals surface area contributed by atoms with Crippen molar-refractivity contribution in [1.82, 2.24) is 0 Å². The van der Waals surface area contributed by atoms with Gasteiger partial charge in [-0.1, -0.05) is 19.1 Å². The molecule has 1 aliphatic carbocycles. The highest BCUT2D eigenvalue weighted by atomic mass is 79.9. The van der Waals surface area contributed by atoms with Crippen LogP contribution in [0.5, 0.6) is 0 Å². The second-order valence-electron chi connectivity index (χ2n) is 4.85. The Bertz CT molecular complexity index is 471. The fourth-order valence-corrected chi connectivity index (χ4v) is 5.16. The molecule has 2 aliphatic rings. The van der Waals surface area contributed by atoms with Crippen molar-refractivity contribution in [2.24, 2.45) is 0 Å². The smallest absolute Gasteiger partial charge is 0.147 e. The number of carbonyl (C=O) groups excluding carboxylic acids is 1. The summed E-state index contributed by atoms with van der Waals surface area (Å²) >= 11 is 5.35. The topological polar surface area (TPSA) is 17.1 Å². The van der Waals surface area contributed by atoms with E-state index in [1.165, 1.54) is 10.5 Å². The molecule has 2 atom stereocenters. The Kier molecular flexibility index (Phi) is 2.44. The number of fused-ring (bicyclic) bond motifs is 3. The van der Waals surface area contributed by atoms with Crippen molar-refractivity contribution in [3.8, 4) is 0 Å². The molecule has 1 aliphatic heterocycles. The van der Waals surface area contributed by atoms with E-state index in [9.17, 15) is 4.79 Å². The number of halogens is 1. The molecule has 3 heteroatoms. The van der Waals surface area contributed by atoms with Gasteiger partial charge in [0.15, 0.2) is 0 Å².